The molecule has 2 aromatic rings. The first-order valence-corrected chi connectivity index (χ1v) is 11.1. The first kappa shape index (κ1) is 24.0. The number of esters is 1. The molecule has 0 fully saturated rings. The molecule has 0 aliphatic carbocycles. The highest BCUT2D eigenvalue weighted by Crippen LogP contribution is 2.29. The maximum absolute atomic E-state index is 12.9. The molecular weight excluding hydrogens is 418 g/mol. The molecule has 1 aliphatic heterocycles. The van der Waals surface area contributed by atoms with Crippen LogP contribution in [0.4, 0.5) is 5.69 Å². The minimum atomic E-state index is -1.05. The Hall–Kier alpha value is -3.66. The molecule has 0 radical (unpaired) electrons. The van der Waals surface area contributed by atoms with Gasteiger partial charge >= 0.3 is 5.97 Å². The highest BCUT2D eigenvalue weighted by atomic mass is 16.5. The van der Waals surface area contributed by atoms with Crippen LogP contribution in [-0.2, 0) is 27.3 Å². The lowest BCUT2D eigenvalue weighted by atomic mass is 10.0. The van der Waals surface area contributed by atoms with Crippen molar-refractivity contribution in [2.45, 2.75) is 60.1 Å². The third-order valence-electron chi connectivity index (χ3n) is 5.99. The molecule has 1 aromatic heterocycles. The van der Waals surface area contributed by atoms with Gasteiger partial charge in [-0.15, -0.1) is 0 Å². The van der Waals surface area contributed by atoms with Crippen molar-refractivity contribution in [2.24, 2.45) is 0 Å². The predicted octanol–water partition coefficient (Wildman–Crippen LogP) is 4.15. The molecule has 172 valence electrons. The molecule has 0 N–H and O–H groups in total. The summed E-state index contributed by atoms with van der Waals surface area (Å²) in [7, 11) is 0. The average molecular weight is 448 g/mol. The third kappa shape index (κ3) is 4.90. The molecule has 0 bridgehead atoms. The van der Waals surface area contributed by atoms with E-state index in [4.69, 9.17) is 4.74 Å². The topological polar surface area (TPSA) is 92.4 Å². The number of Topliss-reactive ketones (excluding diaryl/α,β-unsaturated/α-hetero) is 1. The van der Waals surface area contributed by atoms with Crippen molar-refractivity contribution in [1.82, 2.24) is 4.57 Å². The number of nitrogens with zero attached hydrogens (tertiary/aromatic N) is 3. The molecule has 7 heteroatoms. The van der Waals surface area contributed by atoms with Gasteiger partial charge in [-0.3, -0.25) is 9.59 Å². The number of rotatable bonds is 7. The van der Waals surface area contributed by atoms with Crippen molar-refractivity contribution in [3.63, 3.8) is 0 Å². The number of anilines is 1. The first-order valence-electron chi connectivity index (χ1n) is 11.1. The Bertz CT molecular complexity index is 1180. The second-order valence-corrected chi connectivity index (χ2v) is 8.32. The highest BCUT2D eigenvalue weighted by Gasteiger charge is 2.26. The van der Waals surface area contributed by atoms with Crippen LogP contribution >= 0.6 is 0 Å². The number of aryl methyl sites for hydroxylation is 1. The van der Waals surface area contributed by atoms with Gasteiger partial charge in [-0.05, 0) is 75.1 Å². The fourth-order valence-corrected chi connectivity index (χ4v) is 4.23. The number of aromatic nitrogens is 1. The van der Waals surface area contributed by atoms with E-state index in [0.717, 1.165) is 41.2 Å². The molecule has 0 spiro atoms. The summed E-state index contributed by atoms with van der Waals surface area (Å²) < 4.78 is 7.48. The number of hydrogen-bond acceptors (Lipinski definition) is 5. The van der Waals surface area contributed by atoms with Crippen LogP contribution in [0.15, 0.2) is 29.8 Å². The fourth-order valence-electron chi connectivity index (χ4n) is 4.23. The largest absolute Gasteiger partial charge is 0.450 e. The maximum Gasteiger partial charge on any atom is 0.349 e. The van der Waals surface area contributed by atoms with Gasteiger partial charge < -0.3 is 14.2 Å². The van der Waals surface area contributed by atoms with Gasteiger partial charge in [0, 0.05) is 42.7 Å². The average Bonchev–Trinajstić information content (AvgIpc) is 3.32. The summed E-state index contributed by atoms with van der Waals surface area (Å²) in [5.74, 6) is -1.23. The van der Waals surface area contributed by atoms with Gasteiger partial charge in [-0.2, -0.15) is 5.26 Å². The SMILES string of the molecule is CCCn1c(C)cc(/C=C(\C#N)C(=O)OC(C)C(=O)c2ccc3c(c2)CCN3C(C)=O)c1C. The zero-order valence-electron chi connectivity index (χ0n) is 19.8. The third-order valence-corrected chi connectivity index (χ3v) is 5.99. The molecule has 7 nitrogen and oxygen atoms in total. The van der Waals surface area contributed by atoms with Crippen molar-refractivity contribution in [1.29, 1.82) is 5.26 Å². The second kappa shape index (κ2) is 9.86. The summed E-state index contributed by atoms with van der Waals surface area (Å²) in [6.07, 6.45) is 2.11. The van der Waals surface area contributed by atoms with E-state index in [9.17, 15) is 19.6 Å². The molecule has 1 unspecified atom stereocenters. The minimum Gasteiger partial charge on any atom is -0.450 e. The number of ketones is 1. The van der Waals surface area contributed by atoms with Crippen LogP contribution in [0.1, 0.15) is 60.1 Å². The molecule has 3 rings (SSSR count). The monoisotopic (exact) mass is 447 g/mol. The van der Waals surface area contributed by atoms with E-state index in [1.807, 2.05) is 26.0 Å². The highest BCUT2D eigenvalue weighted by molar-refractivity contribution is 6.04. The van der Waals surface area contributed by atoms with Gasteiger partial charge in [0.05, 0.1) is 0 Å². The predicted molar refractivity (Wildman–Crippen MR) is 126 cm³/mol. The lowest BCUT2D eigenvalue weighted by Gasteiger charge is -2.16. The zero-order chi connectivity index (χ0) is 24.3. The second-order valence-electron chi connectivity index (χ2n) is 8.32. The van der Waals surface area contributed by atoms with Crippen molar-refractivity contribution in [2.75, 3.05) is 11.4 Å². The van der Waals surface area contributed by atoms with Crippen LogP contribution in [0.3, 0.4) is 0 Å². The standard InChI is InChI=1S/C26H29N3O4/c1-6-10-28-16(2)12-22(17(28)3)14-23(15-27)26(32)33-18(4)25(31)21-7-8-24-20(13-21)9-11-29(24)19(5)30/h7-8,12-14,18H,6,9-11H2,1-5H3/b23-14+. The molecular formula is C26H29N3O4. The van der Waals surface area contributed by atoms with Crippen LogP contribution in [0.5, 0.6) is 0 Å². The molecule has 0 saturated carbocycles. The Morgan fingerprint density at radius 3 is 2.61 bits per heavy atom. The van der Waals surface area contributed by atoms with Crippen molar-refractivity contribution >= 4 is 29.4 Å². The Labute approximate surface area is 194 Å². The summed E-state index contributed by atoms with van der Waals surface area (Å²) in [5, 5.41) is 9.53. The summed E-state index contributed by atoms with van der Waals surface area (Å²) in [5.41, 5.74) is 4.77. The van der Waals surface area contributed by atoms with E-state index in [1.165, 1.54) is 19.9 Å². The number of nitriles is 1. The minimum absolute atomic E-state index is 0.0404. The van der Waals surface area contributed by atoms with Crippen LogP contribution < -0.4 is 4.90 Å². The van der Waals surface area contributed by atoms with E-state index in [-0.39, 0.29) is 17.3 Å². The zero-order valence-corrected chi connectivity index (χ0v) is 19.8. The van der Waals surface area contributed by atoms with Gasteiger partial charge in [0.25, 0.3) is 0 Å². The smallest absolute Gasteiger partial charge is 0.349 e. The van der Waals surface area contributed by atoms with Gasteiger partial charge in [-0.25, -0.2) is 4.79 Å². The lowest BCUT2D eigenvalue weighted by molar-refractivity contribution is -0.141. The molecule has 1 amide bonds. The lowest BCUT2D eigenvalue weighted by Crippen LogP contribution is -2.26. The van der Waals surface area contributed by atoms with Crippen LogP contribution in [0.2, 0.25) is 0 Å². The quantitative estimate of drug-likeness (QED) is 0.275. The van der Waals surface area contributed by atoms with Crippen LogP contribution in [0, 0.1) is 25.2 Å². The number of fused-ring (bicyclic) bond motifs is 1. The summed E-state index contributed by atoms with van der Waals surface area (Å²) >= 11 is 0. The Morgan fingerprint density at radius 1 is 1.24 bits per heavy atom. The molecule has 2 heterocycles. The van der Waals surface area contributed by atoms with Gasteiger partial charge in [0.2, 0.25) is 11.7 Å². The maximum atomic E-state index is 12.9. The van der Waals surface area contributed by atoms with E-state index in [0.29, 0.717) is 18.5 Å². The van der Waals surface area contributed by atoms with E-state index < -0.39 is 12.1 Å². The fraction of sp³-hybridized carbons (Fsp3) is 0.385. The van der Waals surface area contributed by atoms with Gasteiger partial charge in [0.15, 0.2) is 6.10 Å². The number of benzene rings is 1. The Balaban J connectivity index is 1.75. The van der Waals surface area contributed by atoms with Gasteiger partial charge in [0.1, 0.15) is 11.6 Å². The summed E-state index contributed by atoms with van der Waals surface area (Å²) in [6.45, 7) is 10.5. The normalized spacial score (nSPS) is 13.9. The number of hydrogen-bond donors (Lipinski definition) is 0. The molecule has 1 aliphatic rings. The number of ether oxygens (including phenoxy) is 1. The molecule has 1 aromatic carbocycles. The Kier molecular flexibility index (Phi) is 7.17. The molecule has 1 atom stereocenters. The van der Waals surface area contributed by atoms with Crippen molar-refractivity contribution in [3.05, 3.63) is 57.9 Å². The molecule has 33 heavy (non-hydrogen) atoms. The van der Waals surface area contributed by atoms with Crippen molar-refractivity contribution < 1.29 is 19.1 Å². The van der Waals surface area contributed by atoms with Crippen LogP contribution in [-0.4, -0.2) is 34.9 Å². The molecule has 0 saturated heterocycles. The number of amides is 1. The number of carbonyl (C=O) groups excluding carboxylic acids is 3. The van der Waals surface area contributed by atoms with E-state index >= 15 is 0 Å². The van der Waals surface area contributed by atoms with E-state index in [2.05, 4.69) is 11.5 Å². The van der Waals surface area contributed by atoms with Gasteiger partial charge in [-0.1, -0.05) is 6.92 Å². The summed E-state index contributed by atoms with van der Waals surface area (Å²) in [4.78, 5) is 38.9. The van der Waals surface area contributed by atoms with E-state index in [1.54, 1.807) is 23.1 Å². The summed E-state index contributed by atoms with van der Waals surface area (Å²) in [6, 6.07) is 8.96. The van der Waals surface area contributed by atoms with Crippen LogP contribution in [0.25, 0.3) is 6.08 Å². The van der Waals surface area contributed by atoms with Crippen molar-refractivity contribution in [3.8, 4) is 6.07 Å². The first-order chi connectivity index (χ1) is 15.7. The number of carbonyl (C=O) groups is 3. The Morgan fingerprint density at radius 2 is 1.97 bits per heavy atom.